The van der Waals surface area contributed by atoms with Crippen LogP contribution < -0.4 is 0 Å². The third-order valence-electron chi connectivity index (χ3n) is 6.30. The Bertz CT molecular complexity index is 489. The molecule has 4 fully saturated rings. The Balaban J connectivity index is 0.000000693. The number of rotatable bonds is 1. The SMILES string of the molecule is CC.CC(O)(O)[C@]12CC3(CC3)C(O)(O)N1C(O)(O)CC21CC1. The Kier molecular flexibility index (Phi) is 3.04. The van der Waals surface area contributed by atoms with E-state index in [1.165, 1.54) is 6.92 Å². The van der Waals surface area contributed by atoms with Gasteiger partial charge in [-0.15, -0.1) is 0 Å². The average Bonchev–Trinajstić information content (AvgIpc) is 3.22. The zero-order valence-electron chi connectivity index (χ0n) is 13.4. The zero-order chi connectivity index (χ0) is 16.8. The van der Waals surface area contributed by atoms with Crippen LogP contribution in [0.2, 0.25) is 0 Å². The van der Waals surface area contributed by atoms with E-state index in [1.807, 2.05) is 13.8 Å². The largest absolute Gasteiger partial charge is 0.364 e. The molecule has 2 heterocycles. The topological polar surface area (TPSA) is 125 Å². The summed E-state index contributed by atoms with van der Waals surface area (Å²) in [7, 11) is 0. The van der Waals surface area contributed by atoms with Gasteiger partial charge >= 0.3 is 0 Å². The van der Waals surface area contributed by atoms with Crippen LogP contribution in [-0.4, -0.2) is 58.7 Å². The summed E-state index contributed by atoms with van der Waals surface area (Å²) in [4.78, 5) is 0.771. The molecule has 2 saturated heterocycles. The molecule has 4 aliphatic rings. The van der Waals surface area contributed by atoms with Crippen molar-refractivity contribution in [2.24, 2.45) is 10.8 Å². The molecule has 0 radical (unpaired) electrons. The van der Waals surface area contributed by atoms with E-state index in [1.54, 1.807) is 0 Å². The van der Waals surface area contributed by atoms with E-state index in [4.69, 9.17) is 0 Å². The minimum Gasteiger partial charge on any atom is -0.364 e. The summed E-state index contributed by atoms with van der Waals surface area (Å²) in [6.07, 6.45) is 2.35. The molecule has 2 spiro atoms. The minimum atomic E-state index is -2.45. The molecule has 128 valence electrons. The van der Waals surface area contributed by atoms with Crippen LogP contribution in [0.5, 0.6) is 0 Å². The highest BCUT2D eigenvalue weighted by Gasteiger charge is 2.89. The third kappa shape index (κ3) is 1.55. The maximum atomic E-state index is 10.5. The Morgan fingerprint density at radius 3 is 1.64 bits per heavy atom. The first-order valence-electron chi connectivity index (χ1n) is 8.09. The molecule has 6 N–H and O–H groups in total. The molecule has 0 amide bonds. The van der Waals surface area contributed by atoms with Crippen LogP contribution in [0, 0.1) is 10.8 Å². The van der Waals surface area contributed by atoms with Crippen molar-refractivity contribution in [2.45, 2.75) is 82.4 Å². The monoisotopic (exact) mass is 317 g/mol. The predicted molar refractivity (Wildman–Crippen MR) is 75.7 cm³/mol. The second-order valence-electron chi connectivity index (χ2n) is 7.54. The molecular weight excluding hydrogens is 290 g/mol. The van der Waals surface area contributed by atoms with Crippen molar-refractivity contribution in [2.75, 3.05) is 0 Å². The van der Waals surface area contributed by atoms with Crippen LogP contribution in [0.25, 0.3) is 0 Å². The first-order valence-corrected chi connectivity index (χ1v) is 8.09. The van der Waals surface area contributed by atoms with Crippen LogP contribution >= 0.6 is 0 Å². The Morgan fingerprint density at radius 2 is 1.27 bits per heavy atom. The standard InChI is InChI=1S/C13H21NO6.C2H6/c1-8(15,16)11-6-10(4-5-10)13(19,20)14(11)12(17,18)7-9(11)2-3-9;1-2/h15-20H,2-7H2,1H3;1-2H3/t11-;/m0./s1. The van der Waals surface area contributed by atoms with Gasteiger partial charge in [-0.05, 0) is 39.0 Å². The van der Waals surface area contributed by atoms with Gasteiger partial charge in [0.2, 0.25) is 11.8 Å². The van der Waals surface area contributed by atoms with Gasteiger partial charge in [0.25, 0.3) is 0 Å². The van der Waals surface area contributed by atoms with Crippen molar-refractivity contribution in [1.82, 2.24) is 4.90 Å². The van der Waals surface area contributed by atoms with Crippen LogP contribution in [0.3, 0.4) is 0 Å². The Labute approximate surface area is 129 Å². The Hall–Kier alpha value is -0.280. The predicted octanol–water partition coefficient (Wildman–Crippen LogP) is -0.601. The second kappa shape index (κ2) is 4.03. The fraction of sp³-hybridized carbons (Fsp3) is 1.00. The quantitative estimate of drug-likeness (QED) is 0.357. The summed E-state index contributed by atoms with van der Waals surface area (Å²) in [5.74, 6) is -7.13. The van der Waals surface area contributed by atoms with E-state index in [9.17, 15) is 30.6 Å². The lowest BCUT2D eigenvalue weighted by Crippen LogP contribution is -2.69. The van der Waals surface area contributed by atoms with Gasteiger partial charge in [0.05, 0.1) is 5.54 Å². The lowest BCUT2D eigenvalue weighted by Gasteiger charge is -2.48. The number of fused-ring (bicyclic) bond motifs is 2. The molecule has 0 unspecified atom stereocenters. The average molecular weight is 317 g/mol. The second-order valence-corrected chi connectivity index (χ2v) is 7.54. The van der Waals surface area contributed by atoms with Crippen LogP contribution in [0.1, 0.15) is 59.3 Å². The number of aliphatic hydroxyl groups is 6. The van der Waals surface area contributed by atoms with Crippen LogP contribution in [0.4, 0.5) is 0 Å². The van der Waals surface area contributed by atoms with Gasteiger partial charge in [0, 0.05) is 17.3 Å². The van der Waals surface area contributed by atoms with Crippen LogP contribution in [-0.2, 0) is 0 Å². The lowest BCUT2D eigenvalue weighted by atomic mass is 9.72. The zero-order valence-corrected chi connectivity index (χ0v) is 13.4. The van der Waals surface area contributed by atoms with Crippen molar-refractivity contribution in [3.05, 3.63) is 0 Å². The first-order chi connectivity index (χ1) is 9.94. The van der Waals surface area contributed by atoms with Gasteiger partial charge in [-0.1, -0.05) is 13.8 Å². The van der Waals surface area contributed by atoms with Crippen molar-refractivity contribution >= 4 is 0 Å². The maximum absolute atomic E-state index is 10.5. The van der Waals surface area contributed by atoms with Crippen molar-refractivity contribution in [3.8, 4) is 0 Å². The highest BCUT2D eigenvalue weighted by Crippen LogP contribution is 2.80. The molecule has 0 aromatic rings. The van der Waals surface area contributed by atoms with E-state index in [2.05, 4.69) is 0 Å². The van der Waals surface area contributed by atoms with E-state index < -0.39 is 34.0 Å². The summed E-state index contributed by atoms with van der Waals surface area (Å²) >= 11 is 0. The van der Waals surface area contributed by atoms with E-state index >= 15 is 0 Å². The Morgan fingerprint density at radius 1 is 0.818 bits per heavy atom. The lowest BCUT2D eigenvalue weighted by molar-refractivity contribution is -0.403. The third-order valence-corrected chi connectivity index (χ3v) is 6.30. The maximum Gasteiger partial charge on any atom is 0.235 e. The van der Waals surface area contributed by atoms with E-state index in [0.717, 1.165) is 4.90 Å². The van der Waals surface area contributed by atoms with Crippen molar-refractivity contribution in [3.63, 3.8) is 0 Å². The summed E-state index contributed by atoms with van der Waals surface area (Å²) in [5.41, 5.74) is -3.02. The molecule has 2 aliphatic heterocycles. The van der Waals surface area contributed by atoms with Gasteiger partial charge < -0.3 is 30.6 Å². The molecule has 2 aliphatic carbocycles. The number of nitrogens with zero attached hydrogens (tertiary/aromatic N) is 1. The van der Waals surface area contributed by atoms with Crippen molar-refractivity contribution < 1.29 is 30.6 Å². The minimum absolute atomic E-state index is 0.102. The van der Waals surface area contributed by atoms with Crippen LogP contribution in [0.15, 0.2) is 0 Å². The van der Waals surface area contributed by atoms with Gasteiger partial charge in [-0.2, -0.15) is 4.90 Å². The summed E-state index contributed by atoms with van der Waals surface area (Å²) in [5, 5.41) is 62.3. The van der Waals surface area contributed by atoms with Gasteiger partial charge in [-0.3, -0.25) is 0 Å². The molecule has 7 heteroatoms. The highest BCUT2D eigenvalue weighted by molar-refractivity contribution is 5.33. The summed E-state index contributed by atoms with van der Waals surface area (Å²) in [6.45, 7) is 5.19. The van der Waals surface area contributed by atoms with E-state index in [0.29, 0.717) is 25.7 Å². The first kappa shape index (κ1) is 16.6. The normalized spacial score (nSPS) is 38.6. The van der Waals surface area contributed by atoms with Gasteiger partial charge in [0.15, 0.2) is 5.79 Å². The van der Waals surface area contributed by atoms with Gasteiger partial charge in [-0.25, -0.2) is 0 Å². The van der Waals surface area contributed by atoms with Gasteiger partial charge in [0.1, 0.15) is 0 Å². The molecule has 2 saturated carbocycles. The number of hydrogen-bond donors (Lipinski definition) is 6. The number of hydrogen-bond acceptors (Lipinski definition) is 7. The molecule has 0 aromatic heterocycles. The molecule has 22 heavy (non-hydrogen) atoms. The fourth-order valence-corrected chi connectivity index (χ4v) is 5.14. The fourth-order valence-electron chi connectivity index (χ4n) is 5.14. The molecular formula is C15H27NO6. The van der Waals surface area contributed by atoms with Crippen molar-refractivity contribution in [1.29, 1.82) is 0 Å². The van der Waals surface area contributed by atoms with E-state index in [-0.39, 0.29) is 12.8 Å². The molecule has 1 atom stereocenters. The molecule has 4 rings (SSSR count). The summed E-state index contributed by atoms with van der Waals surface area (Å²) in [6, 6.07) is 0. The smallest absolute Gasteiger partial charge is 0.235 e. The molecule has 0 bridgehead atoms. The summed E-state index contributed by atoms with van der Waals surface area (Å²) < 4.78 is 0. The molecule has 0 aromatic carbocycles. The molecule has 7 nitrogen and oxygen atoms in total. The highest BCUT2D eigenvalue weighted by atomic mass is 16.6.